The Bertz CT molecular complexity index is 2090. The van der Waals surface area contributed by atoms with Crippen molar-refractivity contribution < 1.29 is 18.4 Å². The molecule has 0 saturated carbocycles. The molecule has 47 heavy (non-hydrogen) atoms. The average Bonchev–Trinajstić information content (AvgIpc) is 3.01. The number of fused-ring (bicyclic) bond motifs is 5. The van der Waals surface area contributed by atoms with Gasteiger partial charge in [-0.2, -0.15) is 0 Å². The Morgan fingerprint density at radius 1 is 1.09 bits per heavy atom. The number of nitrogens with two attached hydrogens (primary N) is 1. The summed E-state index contributed by atoms with van der Waals surface area (Å²) in [5.74, 6) is -3.22. The highest BCUT2D eigenvalue weighted by Gasteiger charge is 2.44. The lowest BCUT2D eigenvalue weighted by Gasteiger charge is -2.48. The molecule has 2 unspecified atom stereocenters. The number of hydrogen-bond donors (Lipinski definition) is 2. The summed E-state index contributed by atoms with van der Waals surface area (Å²) in [5.41, 5.74) is 5.41. The van der Waals surface area contributed by atoms with E-state index in [0.717, 1.165) is 10.6 Å². The fourth-order valence-corrected chi connectivity index (χ4v) is 7.28. The molecule has 2 atom stereocenters. The van der Waals surface area contributed by atoms with Crippen LogP contribution in [0.2, 0.25) is 15.1 Å². The molecule has 0 spiro atoms. The van der Waals surface area contributed by atoms with E-state index in [1.165, 1.54) is 17.0 Å². The molecule has 2 amide bonds. The first kappa shape index (κ1) is 32.7. The molecule has 4 aromatic rings. The van der Waals surface area contributed by atoms with Gasteiger partial charge in [-0.15, -0.1) is 0 Å². The number of pyridine rings is 2. The summed E-state index contributed by atoms with van der Waals surface area (Å²) < 4.78 is 34.3. The lowest BCUT2D eigenvalue weighted by atomic mass is 9.95. The number of aromatic nitrogens is 2. The van der Waals surface area contributed by atoms with E-state index in [9.17, 15) is 14.4 Å². The van der Waals surface area contributed by atoms with Gasteiger partial charge in [-0.3, -0.25) is 23.9 Å². The predicted octanol–water partition coefficient (Wildman–Crippen LogP) is 6.85. The number of aryl methyl sites for hydroxylation is 1. The van der Waals surface area contributed by atoms with Crippen LogP contribution in [0.5, 0.6) is 0 Å². The molecule has 6 rings (SSSR count). The zero-order valence-corrected chi connectivity index (χ0v) is 28.0. The van der Waals surface area contributed by atoms with Crippen LogP contribution in [0, 0.1) is 18.6 Å². The first-order chi connectivity index (χ1) is 22.2. The van der Waals surface area contributed by atoms with Crippen LogP contribution >= 0.6 is 34.8 Å². The van der Waals surface area contributed by atoms with Crippen LogP contribution < -0.4 is 21.5 Å². The van der Waals surface area contributed by atoms with Crippen LogP contribution in [-0.2, 0) is 9.59 Å². The second kappa shape index (κ2) is 11.8. The quantitative estimate of drug-likeness (QED) is 0.137. The molecule has 2 aromatic carbocycles. The summed E-state index contributed by atoms with van der Waals surface area (Å²) in [4.78, 5) is 48.6. The van der Waals surface area contributed by atoms with Crippen molar-refractivity contribution in [1.82, 2.24) is 14.5 Å². The third kappa shape index (κ3) is 4.94. The van der Waals surface area contributed by atoms with Crippen molar-refractivity contribution in [3.05, 3.63) is 85.4 Å². The molecule has 1 saturated heterocycles. The van der Waals surface area contributed by atoms with Crippen LogP contribution in [0.4, 0.5) is 25.8 Å². The molecule has 2 aliphatic rings. The van der Waals surface area contributed by atoms with Gasteiger partial charge >= 0.3 is 0 Å². The maximum absolute atomic E-state index is 17.4. The Balaban J connectivity index is 1.79. The number of rotatable bonds is 4. The zero-order chi connectivity index (χ0) is 34.2. The molecule has 1 fully saturated rings. The minimum absolute atomic E-state index is 0.0157. The van der Waals surface area contributed by atoms with E-state index in [2.05, 4.69) is 16.9 Å². The SMILES string of the molecule is C=CC(=O)N1CC2C(=O)Nc3c(c4cc(Cl)c(-c5c(N)c(Cl)cc(Cl)c5F)c(F)c4n(-c4c(C)ccnc4C(C)C)c3=O)N2CC1C. The first-order valence-electron chi connectivity index (χ1n) is 14.7. The maximum atomic E-state index is 17.4. The Morgan fingerprint density at radius 2 is 1.79 bits per heavy atom. The normalized spacial score (nSPS) is 17.5. The van der Waals surface area contributed by atoms with E-state index in [-0.39, 0.29) is 68.6 Å². The molecule has 4 heterocycles. The number of amides is 2. The molecular weight excluding hydrogens is 673 g/mol. The van der Waals surface area contributed by atoms with Crippen molar-refractivity contribution in [2.75, 3.05) is 29.0 Å². The lowest BCUT2D eigenvalue weighted by molar-refractivity contribution is -0.130. The number of nitrogens with one attached hydrogen (secondary N) is 1. The van der Waals surface area contributed by atoms with Gasteiger partial charge in [0.15, 0.2) is 11.6 Å². The van der Waals surface area contributed by atoms with E-state index in [1.54, 1.807) is 31.0 Å². The first-order valence-corrected chi connectivity index (χ1v) is 15.8. The minimum Gasteiger partial charge on any atom is -0.397 e. The molecule has 3 N–H and O–H groups in total. The number of nitrogen functional groups attached to an aromatic ring is 1. The third-order valence-corrected chi connectivity index (χ3v) is 9.63. The highest BCUT2D eigenvalue weighted by molar-refractivity contribution is 6.38. The number of halogens is 5. The van der Waals surface area contributed by atoms with Crippen LogP contribution in [-0.4, -0.2) is 51.4 Å². The standard InChI is InChI=1S/C33H29Cl3F2N6O3/c1-6-21(45)42-12-20-32(46)41-28-31(43(20)11-15(42)5)16-9-17(34)22(23-24(37)18(35)10-19(36)26(23)39)25(38)30(16)44(33(28)47)29-14(4)7-8-40-27(29)13(2)3/h6-10,13,15,20H,1,11-12,39H2,2-5H3,(H,41,46). The van der Waals surface area contributed by atoms with Gasteiger partial charge < -0.3 is 20.9 Å². The van der Waals surface area contributed by atoms with Gasteiger partial charge in [-0.25, -0.2) is 8.78 Å². The Kier molecular flexibility index (Phi) is 8.22. The molecule has 0 bridgehead atoms. The Morgan fingerprint density at radius 3 is 2.45 bits per heavy atom. The van der Waals surface area contributed by atoms with E-state index in [1.807, 2.05) is 13.8 Å². The smallest absolute Gasteiger partial charge is 0.281 e. The van der Waals surface area contributed by atoms with E-state index < -0.39 is 51.3 Å². The zero-order valence-electron chi connectivity index (χ0n) is 25.7. The predicted molar refractivity (Wildman–Crippen MR) is 182 cm³/mol. The second-order valence-corrected chi connectivity index (χ2v) is 13.2. The van der Waals surface area contributed by atoms with Crippen molar-refractivity contribution in [2.24, 2.45) is 0 Å². The Labute approximate surface area is 283 Å². The number of benzene rings is 2. The fourth-order valence-electron chi connectivity index (χ4n) is 6.53. The van der Waals surface area contributed by atoms with Gasteiger partial charge in [0, 0.05) is 35.3 Å². The van der Waals surface area contributed by atoms with Crippen molar-refractivity contribution in [3.63, 3.8) is 0 Å². The van der Waals surface area contributed by atoms with Gasteiger partial charge in [0.05, 0.1) is 49.9 Å². The maximum Gasteiger partial charge on any atom is 0.281 e. The molecule has 0 radical (unpaired) electrons. The van der Waals surface area contributed by atoms with Gasteiger partial charge in [0.25, 0.3) is 5.56 Å². The average molecular weight is 702 g/mol. The molecule has 244 valence electrons. The van der Waals surface area contributed by atoms with E-state index in [0.29, 0.717) is 11.3 Å². The van der Waals surface area contributed by atoms with Gasteiger partial charge in [0.2, 0.25) is 11.8 Å². The van der Waals surface area contributed by atoms with Crippen molar-refractivity contribution in [3.8, 4) is 16.8 Å². The number of piperazine rings is 1. The van der Waals surface area contributed by atoms with Crippen LogP contribution in [0.1, 0.15) is 37.9 Å². The third-order valence-electron chi connectivity index (χ3n) is 8.74. The molecule has 2 aromatic heterocycles. The molecule has 0 aliphatic carbocycles. The molecule has 9 nitrogen and oxygen atoms in total. The summed E-state index contributed by atoms with van der Waals surface area (Å²) in [6.45, 7) is 11.0. The van der Waals surface area contributed by atoms with Crippen LogP contribution in [0.15, 0.2) is 41.8 Å². The van der Waals surface area contributed by atoms with Gasteiger partial charge in [-0.05, 0) is 49.6 Å². The minimum atomic E-state index is -1.07. The molecule has 14 heteroatoms. The second-order valence-electron chi connectivity index (χ2n) is 12.0. The molecule has 2 aliphatic heterocycles. The monoisotopic (exact) mass is 700 g/mol. The van der Waals surface area contributed by atoms with Crippen molar-refractivity contribution >= 4 is 74.6 Å². The Hall–Kier alpha value is -4.19. The lowest BCUT2D eigenvalue weighted by Crippen LogP contribution is -2.64. The summed E-state index contributed by atoms with van der Waals surface area (Å²) in [5, 5.41) is 2.10. The summed E-state index contributed by atoms with van der Waals surface area (Å²) in [6, 6.07) is 2.84. The molecular formula is C33H29Cl3F2N6O3. The fraction of sp³-hybridized carbons (Fsp3) is 0.273. The number of carbonyl (C=O) groups excluding carboxylic acids is 2. The van der Waals surface area contributed by atoms with Gasteiger partial charge in [0.1, 0.15) is 11.7 Å². The van der Waals surface area contributed by atoms with Crippen LogP contribution in [0.3, 0.4) is 0 Å². The highest BCUT2D eigenvalue weighted by Crippen LogP contribution is 2.48. The van der Waals surface area contributed by atoms with Crippen molar-refractivity contribution in [1.29, 1.82) is 0 Å². The van der Waals surface area contributed by atoms with Crippen molar-refractivity contribution in [2.45, 2.75) is 45.7 Å². The van der Waals surface area contributed by atoms with E-state index >= 15 is 8.78 Å². The van der Waals surface area contributed by atoms with Crippen LogP contribution in [0.25, 0.3) is 27.7 Å². The van der Waals surface area contributed by atoms with E-state index in [4.69, 9.17) is 40.5 Å². The number of nitrogens with zero attached hydrogens (tertiary/aromatic N) is 4. The number of carbonyl (C=O) groups is 2. The summed E-state index contributed by atoms with van der Waals surface area (Å²) in [6.07, 6.45) is 2.75. The summed E-state index contributed by atoms with van der Waals surface area (Å²) >= 11 is 19.1. The number of hydrogen-bond acceptors (Lipinski definition) is 6. The largest absolute Gasteiger partial charge is 0.397 e. The van der Waals surface area contributed by atoms with Gasteiger partial charge in [-0.1, -0.05) is 55.2 Å². The topological polar surface area (TPSA) is 114 Å². The number of anilines is 3. The highest BCUT2D eigenvalue weighted by atomic mass is 35.5. The summed E-state index contributed by atoms with van der Waals surface area (Å²) in [7, 11) is 0.